The molecule has 0 atom stereocenters. The minimum absolute atomic E-state index is 0. The molecule has 2 N–H and O–H groups in total. The lowest BCUT2D eigenvalue weighted by Crippen LogP contribution is -2.47. The summed E-state index contributed by atoms with van der Waals surface area (Å²) in [6.45, 7) is 4.81. The van der Waals surface area contributed by atoms with Crippen LogP contribution in [0.25, 0.3) is 0 Å². The number of rotatable bonds is 6. The molecule has 0 aliphatic carbocycles. The smallest absolute Gasteiger partial charge is 0.271 e. The van der Waals surface area contributed by atoms with Crippen LogP contribution in [0.2, 0.25) is 0 Å². The van der Waals surface area contributed by atoms with E-state index in [4.69, 9.17) is 4.74 Å². The van der Waals surface area contributed by atoms with Gasteiger partial charge < -0.3 is 20.3 Å². The number of nitrogens with zero attached hydrogens (tertiary/aromatic N) is 2. The lowest BCUT2D eigenvalue weighted by Gasteiger charge is -2.37. The number of carbonyl (C=O) groups excluding carboxylic acids is 2. The van der Waals surface area contributed by atoms with E-state index in [1.54, 1.807) is 40.3 Å². The summed E-state index contributed by atoms with van der Waals surface area (Å²) < 4.78 is 5.38. The third-order valence-corrected chi connectivity index (χ3v) is 4.69. The molecular weight excluding hydrogens is 356 g/mol. The predicted molar refractivity (Wildman–Crippen MR) is 103 cm³/mol. The number of ether oxygens (including phenoxy) is 1. The Balaban J connectivity index is 0.00000338. The molecule has 1 aromatic heterocycles. The van der Waals surface area contributed by atoms with Crippen LogP contribution in [0.4, 0.5) is 0 Å². The van der Waals surface area contributed by atoms with Gasteiger partial charge in [-0.25, -0.2) is 4.98 Å². The maximum atomic E-state index is 12.6. The number of aromatic nitrogens is 1. The van der Waals surface area contributed by atoms with Crippen LogP contribution in [0.5, 0.6) is 0 Å². The fourth-order valence-corrected chi connectivity index (χ4v) is 3.15. The Labute approximate surface area is 161 Å². The first-order chi connectivity index (χ1) is 11.9. The van der Waals surface area contributed by atoms with E-state index in [0.717, 1.165) is 25.9 Å². The molecule has 0 aromatic carbocycles. The number of methoxy groups -OCH3 is 1. The van der Waals surface area contributed by atoms with Gasteiger partial charge in [0.05, 0.1) is 17.9 Å². The van der Waals surface area contributed by atoms with Crippen molar-refractivity contribution in [2.24, 2.45) is 5.41 Å². The van der Waals surface area contributed by atoms with Gasteiger partial charge in [-0.2, -0.15) is 0 Å². The quantitative estimate of drug-likeness (QED) is 0.771. The molecule has 1 fully saturated rings. The van der Waals surface area contributed by atoms with Crippen LogP contribution in [-0.2, 0) is 4.74 Å². The molecule has 1 aliphatic rings. The second-order valence-electron chi connectivity index (χ2n) is 6.89. The number of aryl methyl sites for hydroxylation is 1. The number of piperidine rings is 1. The van der Waals surface area contributed by atoms with Crippen molar-refractivity contribution in [2.45, 2.75) is 19.8 Å². The van der Waals surface area contributed by atoms with Gasteiger partial charge in [-0.15, -0.1) is 12.4 Å². The first-order valence-electron chi connectivity index (χ1n) is 8.56. The molecule has 0 unspecified atom stereocenters. The summed E-state index contributed by atoms with van der Waals surface area (Å²) in [6.07, 6.45) is 1.93. The van der Waals surface area contributed by atoms with E-state index < -0.39 is 0 Å². The average molecular weight is 385 g/mol. The monoisotopic (exact) mass is 384 g/mol. The number of pyridine rings is 1. The second kappa shape index (κ2) is 9.85. The Morgan fingerprint density at radius 3 is 2.50 bits per heavy atom. The fourth-order valence-electron chi connectivity index (χ4n) is 3.15. The molecule has 0 radical (unpaired) electrons. The van der Waals surface area contributed by atoms with Crippen LogP contribution in [0.3, 0.4) is 0 Å². The third-order valence-electron chi connectivity index (χ3n) is 4.69. The van der Waals surface area contributed by atoms with E-state index in [0.29, 0.717) is 30.1 Å². The van der Waals surface area contributed by atoms with E-state index in [-0.39, 0.29) is 29.6 Å². The van der Waals surface area contributed by atoms with E-state index >= 15 is 0 Å². The molecule has 1 aliphatic heterocycles. The summed E-state index contributed by atoms with van der Waals surface area (Å²) in [7, 11) is 5.04. The van der Waals surface area contributed by atoms with Crippen LogP contribution >= 0.6 is 12.4 Å². The molecule has 1 saturated heterocycles. The standard InChI is InChI=1S/C18H28N4O3.ClH/c1-13-14(5-6-15(21-13)17(24)22(2)3)16(23)20-11-18(12-25-4)7-9-19-10-8-18;/h5-6,19H,7-12H2,1-4H3,(H,20,23);1H. The number of hydrogen-bond donors (Lipinski definition) is 2. The van der Waals surface area contributed by atoms with Crippen LogP contribution in [0.1, 0.15) is 39.4 Å². The highest BCUT2D eigenvalue weighted by Gasteiger charge is 2.32. The first kappa shape index (κ1) is 22.3. The van der Waals surface area contributed by atoms with Gasteiger partial charge in [0.1, 0.15) is 5.69 Å². The highest BCUT2D eigenvalue weighted by Crippen LogP contribution is 2.28. The summed E-state index contributed by atoms with van der Waals surface area (Å²) in [4.78, 5) is 30.3. The number of hydrogen-bond acceptors (Lipinski definition) is 5. The van der Waals surface area contributed by atoms with E-state index in [1.807, 2.05) is 0 Å². The minimum Gasteiger partial charge on any atom is -0.384 e. The Morgan fingerprint density at radius 2 is 1.96 bits per heavy atom. The van der Waals surface area contributed by atoms with Gasteiger partial charge in [-0.3, -0.25) is 9.59 Å². The van der Waals surface area contributed by atoms with Gasteiger partial charge in [-0.05, 0) is 45.0 Å². The van der Waals surface area contributed by atoms with Crippen molar-refractivity contribution in [1.29, 1.82) is 0 Å². The average Bonchev–Trinajstić information content (AvgIpc) is 2.60. The lowest BCUT2D eigenvalue weighted by molar-refractivity contribution is 0.0511. The van der Waals surface area contributed by atoms with Gasteiger partial charge in [0, 0.05) is 33.2 Å². The number of nitrogens with one attached hydrogen (secondary N) is 2. The van der Waals surface area contributed by atoms with E-state index in [1.165, 1.54) is 4.90 Å². The summed E-state index contributed by atoms with van der Waals surface area (Å²) in [5.41, 5.74) is 1.36. The molecule has 26 heavy (non-hydrogen) atoms. The Hall–Kier alpha value is -1.70. The van der Waals surface area contributed by atoms with Crippen molar-refractivity contribution in [2.75, 3.05) is 47.4 Å². The molecule has 2 rings (SSSR count). The highest BCUT2D eigenvalue weighted by atomic mass is 35.5. The highest BCUT2D eigenvalue weighted by molar-refractivity contribution is 5.97. The molecule has 2 heterocycles. The summed E-state index contributed by atoms with van der Waals surface area (Å²) in [5, 5.41) is 6.36. The molecule has 146 valence electrons. The van der Waals surface area contributed by atoms with Crippen molar-refractivity contribution in [3.8, 4) is 0 Å². The molecule has 8 heteroatoms. The van der Waals surface area contributed by atoms with Gasteiger partial charge in [-0.1, -0.05) is 0 Å². The Bertz CT molecular complexity index is 625. The van der Waals surface area contributed by atoms with Crippen LogP contribution in [0.15, 0.2) is 12.1 Å². The third kappa shape index (κ3) is 5.40. The zero-order valence-electron chi connectivity index (χ0n) is 15.9. The van der Waals surface area contributed by atoms with Crippen LogP contribution in [0, 0.1) is 12.3 Å². The molecular formula is C18H29ClN4O3. The largest absolute Gasteiger partial charge is 0.384 e. The molecule has 0 saturated carbocycles. The molecule has 7 nitrogen and oxygen atoms in total. The van der Waals surface area contributed by atoms with Crippen molar-refractivity contribution >= 4 is 24.2 Å². The SMILES string of the molecule is COCC1(CNC(=O)c2ccc(C(=O)N(C)C)nc2C)CCNCC1.Cl. The van der Waals surface area contributed by atoms with Crippen LogP contribution < -0.4 is 10.6 Å². The molecule has 1 aromatic rings. The predicted octanol–water partition coefficient (Wildman–Crippen LogP) is 1.26. The normalized spacial score (nSPS) is 15.7. The maximum Gasteiger partial charge on any atom is 0.271 e. The minimum atomic E-state index is -0.177. The maximum absolute atomic E-state index is 12.6. The summed E-state index contributed by atoms with van der Waals surface area (Å²) in [6, 6.07) is 3.26. The van der Waals surface area contributed by atoms with Crippen molar-refractivity contribution < 1.29 is 14.3 Å². The zero-order valence-corrected chi connectivity index (χ0v) is 16.7. The first-order valence-corrected chi connectivity index (χ1v) is 8.56. The fraction of sp³-hybridized carbons (Fsp3) is 0.611. The van der Waals surface area contributed by atoms with Crippen molar-refractivity contribution in [1.82, 2.24) is 20.5 Å². The molecule has 2 amide bonds. The van der Waals surface area contributed by atoms with E-state index in [2.05, 4.69) is 15.6 Å². The lowest BCUT2D eigenvalue weighted by atomic mass is 9.79. The number of amides is 2. The Kier molecular flexibility index (Phi) is 8.46. The zero-order chi connectivity index (χ0) is 18.4. The molecule has 0 spiro atoms. The topological polar surface area (TPSA) is 83.6 Å². The van der Waals surface area contributed by atoms with Gasteiger partial charge in [0.2, 0.25) is 0 Å². The van der Waals surface area contributed by atoms with E-state index in [9.17, 15) is 9.59 Å². The second-order valence-corrected chi connectivity index (χ2v) is 6.89. The summed E-state index contributed by atoms with van der Waals surface area (Å²) in [5.74, 6) is -0.341. The van der Waals surface area contributed by atoms with Crippen molar-refractivity contribution in [3.05, 3.63) is 29.1 Å². The summed E-state index contributed by atoms with van der Waals surface area (Å²) >= 11 is 0. The van der Waals surface area contributed by atoms with Crippen molar-refractivity contribution in [3.63, 3.8) is 0 Å². The number of carbonyl (C=O) groups is 2. The van der Waals surface area contributed by atoms with Crippen LogP contribution in [-0.4, -0.2) is 69.1 Å². The van der Waals surface area contributed by atoms with Gasteiger partial charge >= 0.3 is 0 Å². The number of halogens is 1. The van der Waals surface area contributed by atoms with Gasteiger partial charge in [0.25, 0.3) is 11.8 Å². The Morgan fingerprint density at radius 1 is 1.31 bits per heavy atom. The van der Waals surface area contributed by atoms with Gasteiger partial charge in [0.15, 0.2) is 0 Å². The molecule has 0 bridgehead atoms.